The van der Waals surface area contributed by atoms with E-state index in [0.717, 1.165) is 0 Å². The summed E-state index contributed by atoms with van der Waals surface area (Å²) in [5, 5.41) is 3.78. The molecule has 3 aliphatic rings. The van der Waals surface area contributed by atoms with E-state index in [0.29, 0.717) is 17.0 Å². The van der Waals surface area contributed by atoms with Gasteiger partial charge in [0.05, 0.1) is 18.1 Å². The highest BCUT2D eigenvalue weighted by Crippen LogP contribution is 2.50. The van der Waals surface area contributed by atoms with Crippen molar-refractivity contribution in [2.45, 2.75) is 24.1 Å². The van der Waals surface area contributed by atoms with Crippen LogP contribution in [0.3, 0.4) is 0 Å². The van der Waals surface area contributed by atoms with Crippen LogP contribution in [0.15, 0.2) is 42.5 Å². The molecule has 1 spiro atoms. The van der Waals surface area contributed by atoms with Gasteiger partial charge in [0, 0.05) is 17.5 Å². The van der Waals surface area contributed by atoms with Crippen molar-refractivity contribution in [1.82, 2.24) is 5.32 Å². The maximum atomic E-state index is 13.7. The first-order valence-corrected chi connectivity index (χ1v) is 9.09. The number of nitrogens with one attached hydrogen (secondary N) is 1. The number of Topliss-reactive ketones (excluding diaryl/α,β-unsaturated/α-hetero) is 1. The molecule has 5 rings (SSSR count). The number of hydrogen-bond donors (Lipinski definition) is 1. The molecule has 2 fully saturated rings. The van der Waals surface area contributed by atoms with Gasteiger partial charge < -0.3 is 9.47 Å². The molecular weight excluding hydrogens is 373 g/mol. The minimum absolute atomic E-state index is 0.179. The molecule has 0 saturated carbocycles. The van der Waals surface area contributed by atoms with E-state index in [-0.39, 0.29) is 23.7 Å². The van der Waals surface area contributed by atoms with Gasteiger partial charge in [-0.25, -0.2) is 9.18 Å². The lowest BCUT2D eigenvalue weighted by Crippen LogP contribution is -2.56. The third kappa shape index (κ3) is 2.26. The van der Waals surface area contributed by atoms with Gasteiger partial charge in [-0.1, -0.05) is 29.8 Å². The predicted molar refractivity (Wildman–Crippen MR) is 94.3 cm³/mol. The second-order valence-corrected chi connectivity index (χ2v) is 7.48. The quantitative estimate of drug-likeness (QED) is 0.762. The molecule has 7 heteroatoms. The van der Waals surface area contributed by atoms with Gasteiger partial charge in [-0.05, 0) is 29.8 Å². The van der Waals surface area contributed by atoms with Gasteiger partial charge >= 0.3 is 5.97 Å². The van der Waals surface area contributed by atoms with E-state index in [2.05, 4.69) is 5.32 Å². The molecule has 2 saturated heterocycles. The standard InChI is InChI=1S/C20H15ClFNO4/c21-13-4-2-1-3-11(13)16-15-17(24)12-9-10(22)5-6-14(12)27-18(15)20(23-16)7-8-26-19(20)25/h1-6,9,15-16,18,23H,7-8H2/t15-,16+,18+,20+/m1/s1. The van der Waals surface area contributed by atoms with Crippen molar-refractivity contribution in [3.63, 3.8) is 0 Å². The molecule has 2 aromatic carbocycles. The van der Waals surface area contributed by atoms with Crippen LogP contribution in [0, 0.1) is 11.7 Å². The van der Waals surface area contributed by atoms with Crippen molar-refractivity contribution in [1.29, 1.82) is 0 Å². The van der Waals surface area contributed by atoms with E-state index in [4.69, 9.17) is 21.1 Å². The Kier molecular flexibility index (Phi) is 3.58. The number of cyclic esters (lactones) is 1. The van der Waals surface area contributed by atoms with E-state index >= 15 is 0 Å². The van der Waals surface area contributed by atoms with Crippen LogP contribution in [0.5, 0.6) is 5.75 Å². The van der Waals surface area contributed by atoms with Crippen LogP contribution in [0.25, 0.3) is 0 Å². The summed E-state index contributed by atoms with van der Waals surface area (Å²) in [5.74, 6) is -1.66. The zero-order valence-corrected chi connectivity index (χ0v) is 14.8. The van der Waals surface area contributed by atoms with Crippen LogP contribution < -0.4 is 10.1 Å². The molecule has 0 aliphatic carbocycles. The van der Waals surface area contributed by atoms with Crippen molar-refractivity contribution in [3.05, 3.63) is 64.4 Å². The number of halogens is 2. The summed E-state index contributed by atoms with van der Waals surface area (Å²) in [6.07, 6.45) is -0.364. The second-order valence-electron chi connectivity index (χ2n) is 7.07. The number of hydrogen-bond acceptors (Lipinski definition) is 5. The molecular formula is C20H15ClFNO4. The van der Waals surface area contributed by atoms with Gasteiger partial charge in [-0.15, -0.1) is 0 Å². The lowest BCUT2D eigenvalue weighted by atomic mass is 9.79. The van der Waals surface area contributed by atoms with Crippen LogP contribution in [0.1, 0.15) is 28.4 Å². The Morgan fingerprint density at radius 1 is 1.19 bits per heavy atom. The van der Waals surface area contributed by atoms with E-state index in [1.165, 1.54) is 18.2 Å². The van der Waals surface area contributed by atoms with Gasteiger partial charge in [-0.3, -0.25) is 10.1 Å². The molecule has 2 aromatic rings. The smallest absolute Gasteiger partial charge is 0.330 e. The second kappa shape index (κ2) is 5.78. The highest BCUT2D eigenvalue weighted by molar-refractivity contribution is 6.31. The zero-order chi connectivity index (χ0) is 18.8. The van der Waals surface area contributed by atoms with E-state index in [1.54, 1.807) is 12.1 Å². The number of carbonyl (C=O) groups is 2. The lowest BCUT2D eigenvalue weighted by Gasteiger charge is -2.34. The summed E-state index contributed by atoms with van der Waals surface area (Å²) in [6.45, 7) is 0.248. The van der Waals surface area contributed by atoms with Crippen LogP contribution in [0.2, 0.25) is 5.02 Å². The molecule has 3 aliphatic heterocycles. The predicted octanol–water partition coefficient (Wildman–Crippen LogP) is 3.07. The Morgan fingerprint density at radius 3 is 2.74 bits per heavy atom. The first kappa shape index (κ1) is 16.7. The van der Waals surface area contributed by atoms with E-state index < -0.39 is 35.4 Å². The Labute approximate surface area is 159 Å². The highest BCUT2D eigenvalue weighted by atomic mass is 35.5. The number of fused-ring (bicyclic) bond motifs is 3. The Hall–Kier alpha value is -2.44. The number of benzene rings is 2. The maximum Gasteiger partial charge on any atom is 0.330 e. The van der Waals surface area contributed by atoms with E-state index in [1.807, 2.05) is 12.1 Å². The number of carbonyl (C=O) groups excluding carboxylic acids is 2. The van der Waals surface area contributed by atoms with Gasteiger partial charge in [0.2, 0.25) is 0 Å². The highest BCUT2D eigenvalue weighted by Gasteiger charge is 2.66. The third-order valence-corrected chi connectivity index (χ3v) is 6.03. The largest absolute Gasteiger partial charge is 0.486 e. The number of ketones is 1. The Morgan fingerprint density at radius 2 is 2.00 bits per heavy atom. The average molecular weight is 388 g/mol. The van der Waals surface area contributed by atoms with Gasteiger partial charge in [-0.2, -0.15) is 0 Å². The van der Waals surface area contributed by atoms with Crippen LogP contribution in [-0.2, 0) is 9.53 Å². The molecule has 4 atom stereocenters. The van der Waals surface area contributed by atoms with Crippen LogP contribution in [0.4, 0.5) is 4.39 Å². The summed E-state index contributed by atoms with van der Waals surface area (Å²) in [6, 6.07) is 10.4. The summed E-state index contributed by atoms with van der Waals surface area (Å²) in [5.41, 5.74) is -0.253. The van der Waals surface area contributed by atoms with Crippen LogP contribution >= 0.6 is 11.6 Å². The molecule has 138 valence electrons. The molecule has 0 unspecified atom stereocenters. The average Bonchev–Trinajstić information content (AvgIpc) is 3.18. The van der Waals surface area contributed by atoms with Crippen molar-refractivity contribution < 1.29 is 23.5 Å². The van der Waals surface area contributed by atoms with Crippen molar-refractivity contribution >= 4 is 23.4 Å². The summed E-state index contributed by atoms with van der Waals surface area (Å²) < 4.78 is 25.0. The number of ether oxygens (including phenoxy) is 2. The first-order chi connectivity index (χ1) is 13.0. The van der Waals surface area contributed by atoms with E-state index in [9.17, 15) is 14.0 Å². The SMILES string of the molecule is O=C1c2cc(F)ccc2O[C@H]2[C@@H]1[C@H](c1ccccc1Cl)N[C@@]21CCOC1=O. The summed E-state index contributed by atoms with van der Waals surface area (Å²) in [4.78, 5) is 25.9. The monoisotopic (exact) mass is 387 g/mol. The molecule has 0 radical (unpaired) electrons. The van der Waals surface area contributed by atoms with Crippen molar-refractivity contribution in [2.24, 2.45) is 5.92 Å². The maximum absolute atomic E-state index is 13.7. The van der Waals surface area contributed by atoms with Crippen LogP contribution in [-0.4, -0.2) is 30.0 Å². The fourth-order valence-electron chi connectivity index (χ4n) is 4.43. The molecule has 0 aromatic heterocycles. The zero-order valence-electron chi connectivity index (χ0n) is 14.1. The number of rotatable bonds is 1. The molecule has 27 heavy (non-hydrogen) atoms. The fraction of sp³-hybridized carbons (Fsp3) is 0.300. The van der Waals surface area contributed by atoms with Gasteiger partial charge in [0.25, 0.3) is 0 Å². The minimum Gasteiger partial charge on any atom is -0.486 e. The summed E-state index contributed by atoms with van der Waals surface area (Å²) in [7, 11) is 0. The molecule has 0 bridgehead atoms. The molecule has 1 N–H and O–H groups in total. The minimum atomic E-state index is -1.13. The van der Waals surface area contributed by atoms with Gasteiger partial charge in [0.1, 0.15) is 17.7 Å². The number of esters is 1. The molecule has 0 amide bonds. The first-order valence-electron chi connectivity index (χ1n) is 8.71. The molecule has 5 nitrogen and oxygen atoms in total. The summed E-state index contributed by atoms with van der Waals surface area (Å²) >= 11 is 6.37. The van der Waals surface area contributed by atoms with Crippen molar-refractivity contribution in [2.75, 3.05) is 6.61 Å². The van der Waals surface area contributed by atoms with Gasteiger partial charge in [0.15, 0.2) is 11.3 Å². The lowest BCUT2D eigenvalue weighted by molar-refractivity contribution is -0.145. The van der Waals surface area contributed by atoms with Crippen molar-refractivity contribution in [3.8, 4) is 5.75 Å². The Balaban J connectivity index is 1.68. The topological polar surface area (TPSA) is 64.6 Å². The third-order valence-electron chi connectivity index (χ3n) is 5.68. The molecule has 3 heterocycles. The normalized spacial score (nSPS) is 31.4. The fourth-order valence-corrected chi connectivity index (χ4v) is 4.68. The Bertz CT molecular complexity index is 980.